The summed E-state index contributed by atoms with van der Waals surface area (Å²) in [6, 6.07) is 22.7. The Morgan fingerprint density at radius 1 is 1.00 bits per heavy atom. The quantitative estimate of drug-likeness (QED) is 0.244. The van der Waals surface area contributed by atoms with Gasteiger partial charge in [-0.25, -0.2) is 4.98 Å². The Hall–Kier alpha value is -3.38. The molecule has 0 atom stereocenters. The fourth-order valence-electron chi connectivity index (χ4n) is 3.60. The van der Waals surface area contributed by atoms with E-state index < -0.39 is 0 Å². The van der Waals surface area contributed by atoms with Gasteiger partial charge >= 0.3 is 0 Å². The molecule has 34 heavy (non-hydrogen) atoms. The van der Waals surface area contributed by atoms with Gasteiger partial charge in [0.25, 0.3) is 0 Å². The number of anilines is 1. The molecule has 0 saturated heterocycles. The van der Waals surface area contributed by atoms with Crippen LogP contribution in [-0.2, 0) is 4.79 Å². The van der Waals surface area contributed by atoms with Crippen molar-refractivity contribution in [2.75, 3.05) is 5.32 Å². The highest BCUT2D eigenvalue weighted by atomic mass is 35.5. The van der Waals surface area contributed by atoms with Crippen LogP contribution >= 0.6 is 34.5 Å². The summed E-state index contributed by atoms with van der Waals surface area (Å²) in [5, 5.41) is 4.93. The smallest absolute Gasteiger partial charge is 0.248 e. The van der Waals surface area contributed by atoms with Gasteiger partial charge in [0.1, 0.15) is 16.5 Å². The van der Waals surface area contributed by atoms with Gasteiger partial charge in [-0.1, -0.05) is 47.5 Å². The monoisotopic (exact) mass is 504 g/mol. The van der Waals surface area contributed by atoms with Crippen molar-refractivity contribution in [1.29, 1.82) is 0 Å². The molecule has 0 saturated carbocycles. The molecule has 0 aliphatic carbocycles. The van der Waals surface area contributed by atoms with Crippen molar-refractivity contribution in [2.45, 2.75) is 6.92 Å². The third-order valence-corrected chi connectivity index (χ3v) is 6.96. The number of halogens is 2. The standard InChI is InChI=1S/C27H18Cl2N2O2S/c1-16-19(27-31-23-6-2-3-8-25(23)34-27)5-4-7-22(16)30-26(32)14-11-18-10-13-24(33-18)20-12-9-17(28)15-21(20)29/h2-15H,1H3,(H,30,32)/b14-11+. The van der Waals surface area contributed by atoms with Crippen LogP contribution in [0.15, 0.2) is 83.3 Å². The predicted molar refractivity (Wildman–Crippen MR) is 142 cm³/mol. The first-order valence-electron chi connectivity index (χ1n) is 10.5. The van der Waals surface area contributed by atoms with Crippen molar-refractivity contribution in [2.24, 2.45) is 0 Å². The highest BCUT2D eigenvalue weighted by Crippen LogP contribution is 2.35. The molecule has 0 fully saturated rings. The SMILES string of the molecule is Cc1c(NC(=O)/C=C/c2ccc(-c3ccc(Cl)cc3Cl)o2)cccc1-c1nc2ccccc2s1. The number of carbonyl (C=O) groups excluding carboxylic acids is 1. The number of thiazole rings is 1. The molecule has 0 aliphatic rings. The fourth-order valence-corrected chi connectivity index (χ4v) is 5.15. The Labute approximate surface area is 210 Å². The van der Waals surface area contributed by atoms with E-state index in [-0.39, 0.29) is 5.91 Å². The van der Waals surface area contributed by atoms with Gasteiger partial charge in [-0.2, -0.15) is 0 Å². The van der Waals surface area contributed by atoms with Crippen molar-refractivity contribution >= 4 is 62.4 Å². The van der Waals surface area contributed by atoms with E-state index in [1.54, 1.807) is 47.7 Å². The second kappa shape index (κ2) is 9.47. The Morgan fingerprint density at radius 3 is 2.68 bits per heavy atom. The number of amides is 1. The molecule has 0 bridgehead atoms. The van der Waals surface area contributed by atoms with Gasteiger partial charge in [0.2, 0.25) is 5.91 Å². The zero-order valence-electron chi connectivity index (χ0n) is 18.0. The van der Waals surface area contributed by atoms with Crippen molar-refractivity contribution in [1.82, 2.24) is 4.98 Å². The maximum Gasteiger partial charge on any atom is 0.248 e. The number of nitrogens with zero attached hydrogens (tertiary/aromatic N) is 1. The molecule has 1 amide bonds. The molecule has 4 nitrogen and oxygen atoms in total. The second-order valence-corrected chi connectivity index (χ2v) is 9.49. The Balaban J connectivity index is 1.32. The number of furan rings is 1. The number of hydrogen-bond acceptors (Lipinski definition) is 4. The van der Waals surface area contributed by atoms with Crippen molar-refractivity contribution in [3.63, 3.8) is 0 Å². The number of hydrogen-bond donors (Lipinski definition) is 1. The third kappa shape index (κ3) is 4.64. The van der Waals surface area contributed by atoms with Crippen LogP contribution in [0, 0.1) is 6.92 Å². The third-order valence-electron chi connectivity index (χ3n) is 5.34. The lowest BCUT2D eigenvalue weighted by atomic mass is 10.1. The predicted octanol–water partition coefficient (Wildman–Crippen LogP) is 8.49. The zero-order chi connectivity index (χ0) is 23.7. The molecule has 0 spiro atoms. The molecule has 168 valence electrons. The first kappa shape index (κ1) is 22.4. The molecule has 0 unspecified atom stereocenters. The van der Waals surface area contributed by atoms with E-state index in [9.17, 15) is 4.79 Å². The molecule has 2 aromatic heterocycles. The maximum atomic E-state index is 12.6. The van der Waals surface area contributed by atoms with E-state index in [1.165, 1.54) is 6.08 Å². The Bertz CT molecular complexity index is 1520. The number of aromatic nitrogens is 1. The van der Waals surface area contributed by atoms with Gasteiger partial charge in [0.05, 0.1) is 15.2 Å². The van der Waals surface area contributed by atoms with Crippen LogP contribution in [0.3, 0.4) is 0 Å². The van der Waals surface area contributed by atoms with Gasteiger partial charge in [-0.05, 0) is 67.1 Å². The number of fused-ring (bicyclic) bond motifs is 1. The average Bonchev–Trinajstić information content (AvgIpc) is 3.46. The molecule has 7 heteroatoms. The van der Waals surface area contributed by atoms with E-state index in [4.69, 9.17) is 32.6 Å². The van der Waals surface area contributed by atoms with E-state index >= 15 is 0 Å². The van der Waals surface area contributed by atoms with Crippen molar-refractivity contribution < 1.29 is 9.21 Å². The summed E-state index contributed by atoms with van der Waals surface area (Å²) in [5.41, 5.74) is 4.40. The molecule has 5 aromatic rings. The second-order valence-electron chi connectivity index (χ2n) is 7.61. The first-order valence-corrected chi connectivity index (χ1v) is 12.0. The maximum absolute atomic E-state index is 12.6. The van der Waals surface area contributed by atoms with Crippen LogP contribution < -0.4 is 5.32 Å². The largest absolute Gasteiger partial charge is 0.457 e. The lowest BCUT2D eigenvalue weighted by molar-refractivity contribution is -0.111. The van der Waals surface area contributed by atoms with Crippen molar-refractivity contribution in [3.8, 4) is 21.9 Å². The van der Waals surface area contributed by atoms with Crippen LogP contribution in [0.2, 0.25) is 10.0 Å². The Kier molecular flexibility index (Phi) is 6.24. The molecular weight excluding hydrogens is 487 g/mol. The lowest BCUT2D eigenvalue weighted by Crippen LogP contribution is -2.09. The molecule has 2 heterocycles. The number of carbonyl (C=O) groups is 1. The molecule has 1 N–H and O–H groups in total. The van der Waals surface area contributed by atoms with Gasteiger partial charge in [0.15, 0.2) is 0 Å². The highest BCUT2D eigenvalue weighted by molar-refractivity contribution is 7.21. The van der Waals surface area contributed by atoms with Crippen LogP contribution in [0.5, 0.6) is 0 Å². The number of nitrogens with one attached hydrogen (secondary N) is 1. The number of benzene rings is 3. The molecular formula is C27H18Cl2N2O2S. The summed E-state index contributed by atoms with van der Waals surface area (Å²) in [7, 11) is 0. The molecule has 0 aliphatic heterocycles. The van der Waals surface area contributed by atoms with Crippen LogP contribution in [0.25, 0.3) is 38.2 Å². The molecule has 0 radical (unpaired) electrons. The van der Waals surface area contributed by atoms with Crippen LogP contribution in [0.4, 0.5) is 5.69 Å². The summed E-state index contributed by atoms with van der Waals surface area (Å²) in [6.45, 7) is 1.98. The fraction of sp³-hybridized carbons (Fsp3) is 0.0370. The minimum absolute atomic E-state index is 0.257. The highest BCUT2D eigenvalue weighted by Gasteiger charge is 2.12. The minimum atomic E-state index is -0.257. The van der Waals surface area contributed by atoms with Gasteiger partial charge < -0.3 is 9.73 Å². The van der Waals surface area contributed by atoms with Gasteiger partial charge in [-0.3, -0.25) is 4.79 Å². The summed E-state index contributed by atoms with van der Waals surface area (Å²) >= 11 is 13.9. The van der Waals surface area contributed by atoms with E-state index in [2.05, 4.69) is 11.4 Å². The zero-order valence-corrected chi connectivity index (χ0v) is 20.3. The first-order chi connectivity index (χ1) is 16.5. The summed E-state index contributed by atoms with van der Waals surface area (Å²) in [6.07, 6.45) is 3.06. The summed E-state index contributed by atoms with van der Waals surface area (Å²) in [5.74, 6) is 0.879. The minimum Gasteiger partial charge on any atom is -0.457 e. The van der Waals surface area contributed by atoms with E-state index in [0.717, 1.165) is 37.6 Å². The summed E-state index contributed by atoms with van der Waals surface area (Å²) in [4.78, 5) is 17.3. The number of para-hydroxylation sites is 1. The Morgan fingerprint density at radius 2 is 1.85 bits per heavy atom. The van der Waals surface area contributed by atoms with Gasteiger partial charge in [-0.15, -0.1) is 11.3 Å². The molecule has 3 aromatic carbocycles. The van der Waals surface area contributed by atoms with Crippen LogP contribution in [-0.4, -0.2) is 10.9 Å². The number of rotatable bonds is 5. The molecule has 5 rings (SSSR count). The van der Waals surface area contributed by atoms with Gasteiger partial charge in [0, 0.05) is 27.9 Å². The van der Waals surface area contributed by atoms with E-state index in [1.807, 2.05) is 43.3 Å². The van der Waals surface area contributed by atoms with Crippen LogP contribution in [0.1, 0.15) is 11.3 Å². The van der Waals surface area contributed by atoms with E-state index in [0.29, 0.717) is 21.6 Å². The van der Waals surface area contributed by atoms with Crippen molar-refractivity contribution in [3.05, 3.63) is 100 Å². The summed E-state index contributed by atoms with van der Waals surface area (Å²) < 4.78 is 6.95. The normalized spacial score (nSPS) is 11.4. The lowest BCUT2D eigenvalue weighted by Gasteiger charge is -2.10. The topological polar surface area (TPSA) is 55.1 Å². The average molecular weight is 505 g/mol.